The lowest BCUT2D eigenvalue weighted by molar-refractivity contribution is 0.179. The molecule has 86 valence electrons. The highest BCUT2D eigenvalue weighted by atomic mass is 32.2. The van der Waals surface area contributed by atoms with Crippen molar-refractivity contribution < 1.29 is 5.11 Å². The summed E-state index contributed by atoms with van der Waals surface area (Å²) in [6, 6.07) is 0. The smallest absolute Gasteiger partial charge is 0.174 e. The van der Waals surface area contributed by atoms with Crippen molar-refractivity contribution in [3.05, 3.63) is 5.01 Å². The highest BCUT2D eigenvalue weighted by Crippen LogP contribution is 2.24. The minimum atomic E-state index is -0.188. The van der Waals surface area contributed by atoms with Gasteiger partial charge in [0.2, 0.25) is 0 Å². The Morgan fingerprint density at radius 1 is 1.53 bits per heavy atom. The van der Waals surface area contributed by atoms with Gasteiger partial charge in [-0.15, -0.1) is 10.2 Å². The molecule has 0 spiro atoms. The number of thioether (sulfide) groups is 1. The van der Waals surface area contributed by atoms with Crippen LogP contribution in [0.4, 0.5) is 0 Å². The normalized spacial score (nSPS) is 15.2. The molecular weight excluding hydrogens is 230 g/mol. The van der Waals surface area contributed by atoms with Gasteiger partial charge in [0.25, 0.3) is 0 Å². The number of aliphatic hydroxyl groups excluding tert-OH is 1. The molecule has 2 N–H and O–H groups in total. The first-order chi connectivity index (χ1) is 7.09. The summed E-state index contributed by atoms with van der Waals surface area (Å²) in [5.74, 6) is 0.937. The third-order valence-corrected chi connectivity index (χ3v) is 4.31. The van der Waals surface area contributed by atoms with Crippen molar-refractivity contribution in [3.63, 3.8) is 0 Å². The number of aliphatic hydroxyl groups is 1. The first-order valence-electron chi connectivity index (χ1n) is 4.82. The number of nitrogens with zero attached hydrogens (tertiary/aromatic N) is 2. The van der Waals surface area contributed by atoms with Crippen molar-refractivity contribution in [2.45, 2.75) is 30.1 Å². The SMILES string of the molecule is CNC(C)(CO)CCSc1nnc(C)s1. The van der Waals surface area contributed by atoms with E-state index in [4.69, 9.17) is 0 Å². The van der Waals surface area contributed by atoms with Gasteiger partial charge < -0.3 is 10.4 Å². The third kappa shape index (κ3) is 4.06. The van der Waals surface area contributed by atoms with Gasteiger partial charge in [-0.1, -0.05) is 23.1 Å². The van der Waals surface area contributed by atoms with Crippen LogP contribution in [-0.2, 0) is 0 Å². The van der Waals surface area contributed by atoms with Crippen molar-refractivity contribution >= 4 is 23.1 Å². The van der Waals surface area contributed by atoms with E-state index in [1.54, 1.807) is 23.1 Å². The topological polar surface area (TPSA) is 58.0 Å². The van der Waals surface area contributed by atoms with Crippen molar-refractivity contribution in [2.24, 2.45) is 0 Å². The molecule has 0 aliphatic rings. The molecule has 15 heavy (non-hydrogen) atoms. The fourth-order valence-electron chi connectivity index (χ4n) is 0.983. The van der Waals surface area contributed by atoms with Crippen LogP contribution in [0, 0.1) is 6.92 Å². The molecule has 0 radical (unpaired) electrons. The predicted molar refractivity (Wildman–Crippen MR) is 64.5 cm³/mol. The Bertz CT molecular complexity index is 299. The van der Waals surface area contributed by atoms with Crippen LogP contribution < -0.4 is 5.32 Å². The number of aromatic nitrogens is 2. The average molecular weight is 247 g/mol. The van der Waals surface area contributed by atoms with Gasteiger partial charge in [0.05, 0.1) is 6.61 Å². The third-order valence-electron chi connectivity index (χ3n) is 2.34. The van der Waals surface area contributed by atoms with E-state index >= 15 is 0 Å². The number of hydrogen-bond donors (Lipinski definition) is 2. The number of rotatable bonds is 6. The second-order valence-electron chi connectivity index (χ2n) is 3.65. The van der Waals surface area contributed by atoms with E-state index < -0.39 is 0 Å². The molecule has 0 aliphatic carbocycles. The number of hydrogen-bond acceptors (Lipinski definition) is 6. The van der Waals surface area contributed by atoms with Gasteiger partial charge in [-0.2, -0.15) is 0 Å². The average Bonchev–Trinajstić information content (AvgIpc) is 2.64. The molecule has 1 atom stereocenters. The van der Waals surface area contributed by atoms with Crippen LogP contribution in [0.25, 0.3) is 0 Å². The molecule has 0 saturated carbocycles. The lowest BCUT2D eigenvalue weighted by atomic mass is 10.0. The monoisotopic (exact) mass is 247 g/mol. The van der Waals surface area contributed by atoms with Gasteiger partial charge in [0, 0.05) is 11.3 Å². The lowest BCUT2D eigenvalue weighted by Gasteiger charge is -2.26. The predicted octanol–water partition coefficient (Wildman–Crippen LogP) is 1.30. The highest BCUT2D eigenvalue weighted by Gasteiger charge is 2.20. The van der Waals surface area contributed by atoms with Gasteiger partial charge in [-0.3, -0.25) is 0 Å². The van der Waals surface area contributed by atoms with Crippen LogP contribution in [0.1, 0.15) is 18.4 Å². The molecule has 1 aromatic rings. The quantitative estimate of drug-likeness (QED) is 0.742. The second-order valence-corrected chi connectivity index (χ2v) is 6.18. The fourth-order valence-corrected chi connectivity index (χ4v) is 3.07. The fraction of sp³-hybridized carbons (Fsp3) is 0.778. The highest BCUT2D eigenvalue weighted by molar-refractivity contribution is 8.01. The zero-order valence-corrected chi connectivity index (χ0v) is 10.9. The molecule has 6 heteroatoms. The molecule has 1 unspecified atom stereocenters. The molecule has 4 nitrogen and oxygen atoms in total. The Morgan fingerprint density at radius 3 is 2.73 bits per heavy atom. The molecule has 0 saturated heterocycles. The summed E-state index contributed by atoms with van der Waals surface area (Å²) in [7, 11) is 1.87. The first kappa shape index (κ1) is 12.9. The zero-order valence-electron chi connectivity index (χ0n) is 9.28. The van der Waals surface area contributed by atoms with E-state index in [9.17, 15) is 5.11 Å². The van der Waals surface area contributed by atoms with Gasteiger partial charge >= 0.3 is 0 Å². The largest absolute Gasteiger partial charge is 0.394 e. The van der Waals surface area contributed by atoms with E-state index in [1.807, 2.05) is 20.9 Å². The summed E-state index contributed by atoms with van der Waals surface area (Å²) in [6.07, 6.45) is 0.906. The maximum atomic E-state index is 9.19. The van der Waals surface area contributed by atoms with E-state index in [-0.39, 0.29) is 12.1 Å². The van der Waals surface area contributed by atoms with Crippen LogP contribution >= 0.6 is 23.1 Å². The minimum Gasteiger partial charge on any atom is -0.394 e. The summed E-state index contributed by atoms with van der Waals surface area (Å²) in [6.45, 7) is 4.12. The van der Waals surface area contributed by atoms with E-state index in [0.29, 0.717) is 0 Å². The Balaban J connectivity index is 2.32. The molecule has 0 aliphatic heterocycles. The Morgan fingerprint density at radius 2 is 2.27 bits per heavy atom. The van der Waals surface area contributed by atoms with Crippen LogP contribution in [-0.4, -0.2) is 40.3 Å². The Hall–Kier alpha value is -0.170. The molecule has 0 amide bonds. The van der Waals surface area contributed by atoms with Crippen molar-refractivity contribution in [2.75, 3.05) is 19.4 Å². The summed E-state index contributed by atoms with van der Waals surface area (Å²) in [4.78, 5) is 0. The standard InChI is InChI=1S/C9H17N3OS2/c1-7-11-12-8(15-7)14-5-4-9(2,6-13)10-3/h10,13H,4-6H2,1-3H3. The number of likely N-dealkylation sites (N-methyl/N-ethyl adjacent to an activating group) is 1. The van der Waals surface area contributed by atoms with Gasteiger partial charge in [0.1, 0.15) is 5.01 Å². The van der Waals surface area contributed by atoms with Gasteiger partial charge in [0.15, 0.2) is 4.34 Å². The van der Waals surface area contributed by atoms with Crippen LogP contribution in [0.15, 0.2) is 4.34 Å². The summed E-state index contributed by atoms with van der Waals surface area (Å²) in [5, 5.41) is 21.3. The zero-order chi connectivity index (χ0) is 11.3. The minimum absolute atomic E-state index is 0.152. The van der Waals surface area contributed by atoms with Gasteiger partial charge in [-0.05, 0) is 27.3 Å². The first-order valence-corrected chi connectivity index (χ1v) is 6.62. The summed E-state index contributed by atoms with van der Waals surface area (Å²) in [5.41, 5.74) is -0.188. The summed E-state index contributed by atoms with van der Waals surface area (Å²) < 4.78 is 1.00. The Kier molecular flexibility index (Phi) is 4.98. The molecular formula is C9H17N3OS2. The molecule has 0 bridgehead atoms. The van der Waals surface area contributed by atoms with Crippen LogP contribution in [0.5, 0.6) is 0 Å². The molecule has 0 fully saturated rings. The van der Waals surface area contributed by atoms with Crippen LogP contribution in [0.3, 0.4) is 0 Å². The second kappa shape index (κ2) is 5.79. The van der Waals surface area contributed by atoms with Gasteiger partial charge in [-0.25, -0.2) is 0 Å². The van der Waals surface area contributed by atoms with Crippen molar-refractivity contribution in [3.8, 4) is 0 Å². The van der Waals surface area contributed by atoms with Crippen molar-refractivity contribution in [1.82, 2.24) is 15.5 Å². The maximum Gasteiger partial charge on any atom is 0.174 e. The van der Waals surface area contributed by atoms with E-state index in [1.165, 1.54) is 0 Å². The molecule has 0 aromatic carbocycles. The van der Waals surface area contributed by atoms with Crippen LogP contribution in [0.2, 0.25) is 0 Å². The van der Waals surface area contributed by atoms with E-state index in [0.717, 1.165) is 21.5 Å². The van der Waals surface area contributed by atoms with E-state index in [2.05, 4.69) is 15.5 Å². The number of nitrogens with one attached hydrogen (secondary N) is 1. The lowest BCUT2D eigenvalue weighted by Crippen LogP contribution is -2.43. The molecule has 1 rings (SSSR count). The molecule has 1 aromatic heterocycles. The van der Waals surface area contributed by atoms with Crippen molar-refractivity contribution in [1.29, 1.82) is 0 Å². The number of aryl methyl sites for hydroxylation is 1. The Labute approximate surface area is 98.5 Å². The molecule has 1 heterocycles. The summed E-state index contributed by atoms with van der Waals surface area (Å²) >= 11 is 3.30. The maximum absolute atomic E-state index is 9.19.